The maximum absolute atomic E-state index is 5.92. The molecule has 3 nitrogen and oxygen atoms in total. The van der Waals surface area contributed by atoms with Gasteiger partial charge in [0.1, 0.15) is 0 Å². The normalized spacial score (nSPS) is 25.1. The summed E-state index contributed by atoms with van der Waals surface area (Å²) in [5.74, 6) is 0. The highest BCUT2D eigenvalue weighted by Gasteiger charge is 2.36. The van der Waals surface area contributed by atoms with E-state index in [4.69, 9.17) is 4.74 Å². The summed E-state index contributed by atoms with van der Waals surface area (Å²) in [6.45, 7) is 6.08. The fraction of sp³-hybridized carbons (Fsp3) is 0.647. The van der Waals surface area contributed by atoms with Crippen LogP contribution in [0.15, 0.2) is 22.7 Å². The predicted molar refractivity (Wildman–Crippen MR) is 90.9 cm³/mol. The van der Waals surface area contributed by atoms with Gasteiger partial charge < -0.3 is 15.0 Å². The molecule has 1 aliphatic heterocycles. The van der Waals surface area contributed by atoms with Gasteiger partial charge in [-0.05, 0) is 65.9 Å². The fourth-order valence-electron chi connectivity index (χ4n) is 3.53. The number of anilines is 1. The van der Waals surface area contributed by atoms with E-state index in [-0.39, 0.29) is 0 Å². The molecule has 1 N–H and O–H groups in total. The van der Waals surface area contributed by atoms with E-state index >= 15 is 0 Å². The van der Waals surface area contributed by atoms with Crippen molar-refractivity contribution < 1.29 is 4.74 Å². The van der Waals surface area contributed by atoms with E-state index in [1.807, 2.05) is 0 Å². The third-order valence-corrected chi connectivity index (χ3v) is 5.19. The second kappa shape index (κ2) is 7.12. The van der Waals surface area contributed by atoms with Crippen LogP contribution >= 0.6 is 15.9 Å². The number of ether oxygens (including phenoxy) is 1. The number of hydrogen-bond acceptors (Lipinski definition) is 3. The lowest BCUT2D eigenvalue weighted by molar-refractivity contribution is 0.0256. The monoisotopic (exact) mass is 352 g/mol. The molecule has 1 saturated carbocycles. The number of hydrogen-bond donors (Lipinski definition) is 1. The lowest BCUT2D eigenvalue weighted by Crippen LogP contribution is -2.48. The largest absolute Gasteiger partial charge is 0.374 e. The summed E-state index contributed by atoms with van der Waals surface area (Å²) >= 11 is 3.78. The summed E-state index contributed by atoms with van der Waals surface area (Å²) in [6.07, 6.45) is 5.39. The molecule has 2 fully saturated rings. The van der Waals surface area contributed by atoms with Crippen LogP contribution in [0.1, 0.15) is 38.2 Å². The van der Waals surface area contributed by atoms with E-state index in [0.717, 1.165) is 26.2 Å². The molecule has 0 aromatic heterocycles. The Balaban J connectivity index is 1.72. The van der Waals surface area contributed by atoms with Gasteiger partial charge in [0, 0.05) is 17.6 Å². The Kier molecular flexibility index (Phi) is 5.19. The molecule has 4 heteroatoms. The van der Waals surface area contributed by atoms with Crippen LogP contribution in [0.25, 0.3) is 0 Å². The number of halogens is 1. The molecule has 0 bridgehead atoms. The van der Waals surface area contributed by atoms with Gasteiger partial charge in [-0.1, -0.05) is 13.0 Å². The number of nitrogens with one attached hydrogen (secondary N) is 1. The van der Waals surface area contributed by atoms with Gasteiger partial charge in [0.15, 0.2) is 0 Å². The number of fused-ring (bicyclic) bond motifs is 1. The van der Waals surface area contributed by atoms with Crippen LogP contribution in [0.3, 0.4) is 0 Å². The molecule has 0 amide bonds. The molecule has 1 heterocycles. The van der Waals surface area contributed by atoms with Crippen LogP contribution in [0.2, 0.25) is 0 Å². The van der Waals surface area contributed by atoms with E-state index in [0.29, 0.717) is 12.1 Å². The molecule has 3 rings (SSSR count). The van der Waals surface area contributed by atoms with Crippen molar-refractivity contribution in [2.24, 2.45) is 0 Å². The van der Waals surface area contributed by atoms with Crippen molar-refractivity contribution in [2.45, 2.75) is 51.3 Å². The summed E-state index contributed by atoms with van der Waals surface area (Å²) in [7, 11) is 0. The van der Waals surface area contributed by atoms with Crippen molar-refractivity contribution >= 4 is 21.6 Å². The summed E-state index contributed by atoms with van der Waals surface area (Å²) in [5, 5.41) is 3.46. The maximum Gasteiger partial charge on any atom is 0.0779 e. The van der Waals surface area contributed by atoms with Gasteiger partial charge in [-0.25, -0.2) is 0 Å². The molecular formula is C17H25BrN2O. The quantitative estimate of drug-likeness (QED) is 0.817. The fourth-order valence-corrected chi connectivity index (χ4v) is 4.18. The Labute approximate surface area is 136 Å². The molecule has 1 aromatic rings. The van der Waals surface area contributed by atoms with Crippen LogP contribution in [0, 0.1) is 0 Å². The molecule has 1 aromatic carbocycles. The molecular weight excluding hydrogens is 328 g/mol. The Morgan fingerprint density at radius 1 is 1.38 bits per heavy atom. The molecule has 2 atom stereocenters. The molecule has 2 unspecified atom stereocenters. The minimum atomic E-state index is 0.441. The molecule has 0 radical (unpaired) electrons. The van der Waals surface area contributed by atoms with Gasteiger partial charge in [-0.3, -0.25) is 0 Å². The molecule has 2 aliphatic rings. The first kappa shape index (κ1) is 15.3. The molecule has 1 saturated heterocycles. The topological polar surface area (TPSA) is 24.5 Å². The molecule has 0 spiro atoms. The average molecular weight is 353 g/mol. The second-order valence-electron chi connectivity index (χ2n) is 6.06. The highest BCUT2D eigenvalue weighted by Crippen LogP contribution is 2.36. The first-order chi connectivity index (χ1) is 10.3. The first-order valence-electron chi connectivity index (χ1n) is 8.17. The Morgan fingerprint density at radius 3 is 3.10 bits per heavy atom. The van der Waals surface area contributed by atoms with Gasteiger partial charge in [0.25, 0.3) is 0 Å². The smallest absolute Gasteiger partial charge is 0.0779 e. The van der Waals surface area contributed by atoms with Crippen LogP contribution < -0.4 is 10.2 Å². The van der Waals surface area contributed by atoms with Crippen molar-refractivity contribution in [1.29, 1.82) is 0 Å². The van der Waals surface area contributed by atoms with Crippen LogP contribution in [-0.2, 0) is 11.3 Å². The summed E-state index contributed by atoms with van der Waals surface area (Å²) in [5.41, 5.74) is 2.67. The highest BCUT2D eigenvalue weighted by molar-refractivity contribution is 9.10. The predicted octanol–water partition coefficient (Wildman–Crippen LogP) is 3.71. The van der Waals surface area contributed by atoms with Crippen molar-refractivity contribution in [2.75, 3.05) is 24.6 Å². The van der Waals surface area contributed by atoms with Gasteiger partial charge in [0.2, 0.25) is 0 Å². The van der Waals surface area contributed by atoms with Crippen LogP contribution in [0.4, 0.5) is 5.69 Å². The van der Waals surface area contributed by atoms with Gasteiger partial charge in [0.05, 0.1) is 24.4 Å². The van der Waals surface area contributed by atoms with Crippen molar-refractivity contribution in [3.05, 3.63) is 28.2 Å². The third-order valence-electron chi connectivity index (χ3n) is 4.56. The molecule has 116 valence electrons. The number of morpholine rings is 1. The first-order valence-corrected chi connectivity index (χ1v) is 8.96. The maximum atomic E-state index is 5.92. The zero-order chi connectivity index (χ0) is 14.7. The summed E-state index contributed by atoms with van der Waals surface area (Å²) < 4.78 is 7.13. The minimum Gasteiger partial charge on any atom is -0.374 e. The van der Waals surface area contributed by atoms with Crippen molar-refractivity contribution in [3.63, 3.8) is 0 Å². The lowest BCUT2D eigenvalue weighted by Gasteiger charge is -2.40. The van der Waals surface area contributed by atoms with Crippen LogP contribution in [0.5, 0.6) is 0 Å². The zero-order valence-electron chi connectivity index (χ0n) is 12.8. The SMILES string of the molecule is CCCNCc1ccc(N2CCOC3CCCC32)c(Br)c1. The Morgan fingerprint density at radius 2 is 2.29 bits per heavy atom. The van der Waals surface area contributed by atoms with Crippen molar-refractivity contribution in [3.8, 4) is 0 Å². The minimum absolute atomic E-state index is 0.441. The lowest BCUT2D eigenvalue weighted by atomic mass is 10.1. The van der Waals surface area contributed by atoms with Gasteiger partial charge in [-0.2, -0.15) is 0 Å². The van der Waals surface area contributed by atoms with Crippen molar-refractivity contribution in [1.82, 2.24) is 5.32 Å². The van der Waals surface area contributed by atoms with E-state index in [9.17, 15) is 0 Å². The zero-order valence-corrected chi connectivity index (χ0v) is 14.4. The number of rotatable bonds is 5. The Hall–Kier alpha value is -0.580. The summed E-state index contributed by atoms with van der Waals surface area (Å²) in [6, 6.07) is 7.35. The van der Waals surface area contributed by atoms with Gasteiger partial charge in [-0.15, -0.1) is 0 Å². The third kappa shape index (κ3) is 3.43. The standard InChI is InChI=1S/C17H25BrN2O/c1-2-8-19-12-13-6-7-15(14(18)11-13)20-9-10-21-17-5-3-4-16(17)20/h6-7,11,16-17,19H,2-5,8-10,12H2,1H3. The number of nitrogens with zero attached hydrogens (tertiary/aromatic N) is 1. The van der Waals surface area contributed by atoms with E-state index < -0.39 is 0 Å². The highest BCUT2D eigenvalue weighted by atomic mass is 79.9. The van der Waals surface area contributed by atoms with E-state index in [1.54, 1.807) is 0 Å². The van der Waals surface area contributed by atoms with Gasteiger partial charge >= 0.3 is 0 Å². The number of benzene rings is 1. The average Bonchev–Trinajstić information content (AvgIpc) is 2.96. The Bertz CT molecular complexity index is 480. The summed E-state index contributed by atoms with van der Waals surface area (Å²) in [4.78, 5) is 2.55. The van der Waals surface area contributed by atoms with E-state index in [1.165, 1.54) is 41.4 Å². The van der Waals surface area contributed by atoms with E-state index in [2.05, 4.69) is 51.3 Å². The molecule has 21 heavy (non-hydrogen) atoms. The molecule has 1 aliphatic carbocycles. The van der Waals surface area contributed by atoms with Crippen LogP contribution in [-0.4, -0.2) is 31.8 Å². The second-order valence-corrected chi connectivity index (χ2v) is 6.92.